The van der Waals surface area contributed by atoms with E-state index in [0.717, 1.165) is 21.9 Å². The number of phosphoric ester groups is 1. The zero-order chi connectivity index (χ0) is 34.5. The standard InChI is InChI=1S/C25H29N4O15P3/c26-16-25(17-7-3-1-4-8-17,18-9-5-2-6-10-18)12-14-40-28-20-11-13-29(24(32)27-20)23-22(31)21(30)19(42-23)15-41-46(36,37)44-47(38,39)43-45(33,34)35/h1-11,13,19,21-23,30-31H,12,14-15H2,(H,36,37)(H,38,39)(H,27,28,32)(H2,33,34,35)/t19-,21-,22-,23-/m1/s1. The van der Waals surface area contributed by atoms with Gasteiger partial charge >= 0.3 is 29.2 Å². The molecule has 19 nitrogen and oxygen atoms in total. The Morgan fingerprint density at radius 2 is 1.51 bits per heavy atom. The minimum atomic E-state index is -5.78. The fourth-order valence-corrected chi connectivity index (χ4v) is 7.68. The van der Waals surface area contributed by atoms with Crippen molar-refractivity contribution < 1.29 is 66.2 Å². The minimum absolute atomic E-state index is 0.00996. The number of benzene rings is 2. The lowest BCUT2D eigenvalue weighted by Gasteiger charge is -2.27. The van der Waals surface area contributed by atoms with Gasteiger partial charge in [0.1, 0.15) is 23.7 Å². The molecule has 0 spiro atoms. The zero-order valence-corrected chi connectivity index (χ0v) is 26.6. The lowest BCUT2D eigenvalue weighted by atomic mass is 9.73. The first-order chi connectivity index (χ1) is 22.1. The first-order valence-electron chi connectivity index (χ1n) is 13.3. The van der Waals surface area contributed by atoms with Gasteiger partial charge in [-0.25, -0.2) is 24.0 Å². The van der Waals surface area contributed by atoms with Crippen molar-refractivity contribution in [3.8, 4) is 6.07 Å². The van der Waals surface area contributed by atoms with Crippen molar-refractivity contribution >= 4 is 29.3 Å². The van der Waals surface area contributed by atoms with Crippen LogP contribution in [0.15, 0.2) is 77.7 Å². The third-order valence-corrected chi connectivity index (χ3v) is 10.5. The van der Waals surface area contributed by atoms with Crippen LogP contribution in [-0.2, 0) is 41.8 Å². The monoisotopic (exact) mass is 718 g/mol. The molecule has 4 rings (SSSR count). The van der Waals surface area contributed by atoms with E-state index in [4.69, 9.17) is 19.4 Å². The van der Waals surface area contributed by atoms with E-state index in [1.54, 1.807) is 0 Å². The van der Waals surface area contributed by atoms with Gasteiger partial charge in [-0.15, -0.1) is 0 Å². The average molecular weight is 718 g/mol. The van der Waals surface area contributed by atoms with Crippen LogP contribution >= 0.6 is 23.5 Å². The lowest BCUT2D eigenvalue weighted by molar-refractivity contribution is -0.0541. The van der Waals surface area contributed by atoms with Crippen molar-refractivity contribution in [3.05, 3.63) is 94.5 Å². The Kier molecular flexibility index (Phi) is 11.7. The van der Waals surface area contributed by atoms with Crippen molar-refractivity contribution in [3.63, 3.8) is 0 Å². The number of aliphatic hydroxyl groups is 2. The van der Waals surface area contributed by atoms with Gasteiger partial charge in [0.25, 0.3) is 0 Å². The SMILES string of the molecule is N#CC(CCONc1ccn([C@@H]2O[C@H](COP(=O)(O)OP(=O)(O)OP(=O)(O)O)[C@@H](O)[C@H]2O)c(=O)n1)(c1ccccc1)c1ccccc1. The van der Waals surface area contributed by atoms with Crippen LogP contribution in [0.2, 0.25) is 0 Å². The Labute approximate surface area is 266 Å². The first-order valence-corrected chi connectivity index (χ1v) is 17.9. The molecule has 2 heterocycles. The molecule has 1 aliphatic heterocycles. The van der Waals surface area contributed by atoms with Crippen LogP contribution in [-0.4, -0.2) is 70.9 Å². The van der Waals surface area contributed by atoms with Gasteiger partial charge in [0.05, 0.1) is 19.3 Å². The number of nitrogens with one attached hydrogen (secondary N) is 1. The highest BCUT2D eigenvalue weighted by Gasteiger charge is 2.47. The second-order valence-corrected chi connectivity index (χ2v) is 14.3. The molecule has 1 aromatic heterocycles. The molecule has 0 bridgehead atoms. The first kappa shape index (κ1) is 36.7. The third kappa shape index (κ3) is 9.48. The second-order valence-electron chi connectivity index (χ2n) is 9.89. The fraction of sp³-hybridized carbons (Fsp3) is 0.320. The summed E-state index contributed by atoms with van der Waals surface area (Å²) in [5.74, 6) is -0.0505. The summed E-state index contributed by atoms with van der Waals surface area (Å²) in [5.41, 5.74) is 2.02. The number of ether oxygens (including phenoxy) is 1. The van der Waals surface area contributed by atoms with Gasteiger partial charge in [-0.1, -0.05) is 60.7 Å². The molecule has 1 aliphatic rings. The van der Waals surface area contributed by atoms with Gasteiger partial charge < -0.3 is 34.5 Å². The van der Waals surface area contributed by atoms with E-state index in [1.807, 2.05) is 60.7 Å². The highest BCUT2D eigenvalue weighted by Crippen LogP contribution is 2.66. The maximum absolute atomic E-state index is 12.8. The lowest BCUT2D eigenvalue weighted by Crippen LogP contribution is -2.36. The molecule has 1 saturated heterocycles. The second kappa shape index (κ2) is 15.0. The Morgan fingerprint density at radius 3 is 2.04 bits per heavy atom. The molecule has 3 aromatic rings. The van der Waals surface area contributed by atoms with Crippen LogP contribution in [0.1, 0.15) is 23.8 Å². The van der Waals surface area contributed by atoms with Crippen molar-refractivity contribution in [2.24, 2.45) is 0 Å². The molecular weight excluding hydrogens is 689 g/mol. The van der Waals surface area contributed by atoms with E-state index in [1.165, 1.54) is 6.07 Å². The minimum Gasteiger partial charge on any atom is -0.387 e. The Balaban J connectivity index is 1.36. The van der Waals surface area contributed by atoms with Crippen LogP contribution in [0.3, 0.4) is 0 Å². The van der Waals surface area contributed by atoms with Crippen LogP contribution in [0.5, 0.6) is 0 Å². The number of nitrogens with zero attached hydrogens (tertiary/aromatic N) is 3. The predicted octanol–water partition coefficient (Wildman–Crippen LogP) is 1.45. The highest BCUT2D eigenvalue weighted by atomic mass is 31.3. The van der Waals surface area contributed by atoms with Crippen molar-refractivity contribution in [2.45, 2.75) is 36.4 Å². The summed E-state index contributed by atoms with van der Waals surface area (Å²) in [5, 5.41) is 31.0. The number of aliphatic hydroxyl groups excluding tert-OH is 2. The Bertz CT molecular complexity index is 1730. The van der Waals surface area contributed by atoms with Gasteiger partial charge in [-0.2, -0.15) is 18.9 Å². The molecule has 7 N–H and O–H groups in total. The van der Waals surface area contributed by atoms with E-state index in [0.29, 0.717) is 0 Å². The molecular formula is C25H29N4O15P3. The molecule has 0 radical (unpaired) electrons. The van der Waals surface area contributed by atoms with E-state index in [-0.39, 0.29) is 18.8 Å². The number of hydrogen-bond donors (Lipinski definition) is 7. The summed E-state index contributed by atoms with van der Waals surface area (Å²) < 4.78 is 52.0. The quantitative estimate of drug-likeness (QED) is 0.0664. The van der Waals surface area contributed by atoms with Gasteiger partial charge in [0.2, 0.25) is 0 Å². The van der Waals surface area contributed by atoms with Gasteiger partial charge in [0, 0.05) is 12.6 Å². The van der Waals surface area contributed by atoms with Crippen molar-refractivity contribution in [1.29, 1.82) is 5.26 Å². The number of aromatic nitrogens is 2. The number of rotatable bonds is 15. The fourth-order valence-electron chi connectivity index (χ4n) is 4.65. The molecule has 6 atom stereocenters. The Morgan fingerprint density at radius 1 is 0.915 bits per heavy atom. The summed E-state index contributed by atoms with van der Waals surface area (Å²) in [4.78, 5) is 58.1. The smallest absolute Gasteiger partial charge is 0.387 e. The molecule has 2 unspecified atom stereocenters. The van der Waals surface area contributed by atoms with Crippen LogP contribution in [0.25, 0.3) is 0 Å². The summed E-state index contributed by atoms with van der Waals surface area (Å²) in [7, 11) is -16.9. The largest absolute Gasteiger partial charge is 0.490 e. The summed E-state index contributed by atoms with van der Waals surface area (Å²) >= 11 is 0. The van der Waals surface area contributed by atoms with E-state index < -0.39 is 65.7 Å². The van der Waals surface area contributed by atoms with Crippen molar-refractivity contribution in [1.82, 2.24) is 9.55 Å². The van der Waals surface area contributed by atoms with Gasteiger partial charge in [-0.05, 0) is 17.2 Å². The summed E-state index contributed by atoms with van der Waals surface area (Å²) in [6.45, 7) is -1.06. The van der Waals surface area contributed by atoms with Crippen molar-refractivity contribution in [2.75, 3.05) is 18.7 Å². The molecule has 22 heteroatoms. The van der Waals surface area contributed by atoms with Gasteiger partial charge in [-0.3, -0.25) is 13.9 Å². The van der Waals surface area contributed by atoms with Crippen LogP contribution in [0, 0.1) is 11.3 Å². The molecule has 47 heavy (non-hydrogen) atoms. The summed E-state index contributed by atoms with van der Waals surface area (Å²) in [6, 6.07) is 22.0. The van der Waals surface area contributed by atoms with E-state index in [9.17, 15) is 43.8 Å². The summed E-state index contributed by atoms with van der Waals surface area (Å²) in [6.07, 6.45) is -5.45. The number of nitriles is 1. The maximum atomic E-state index is 12.8. The average Bonchev–Trinajstić information content (AvgIpc) is 3.28. The topological polar surface area (TPSA) is 289 Å². The van der Waals surface area contributed by atoms with E-state index >= 15 is 0 Å². The van der Waals surface area contributed by atoms with Crippen LogP contribution in [0.4, 0.5) is 5.82 Å². The number of hydrogen-bond acceptors (Lipinski definition) is 14. The zero-order valence-electron chi connectivity index (χ0n) is 23.9. The number of anilines is 1. The highest BCUT2D eigenvalue weighted by molar-refractivity contribution is 7.66. The van der Waals surface area contributed by atoms with Gasteiger partial charge in [0.15, 0.2) is 12.0 Å². The Hall–Kier alpha value is -3.14. The molecule has 0 aliphatic carbocycles. The molecule has 1 fully saturated rings. The molecule has 0 amide bonds. The third-order valence-electron chi connectivity index (χ3n) is 6.74. The van der Waals surface area contributed by atoms with Crippen LogP contribution < -0.4 is 11.2 Å². The normalized spacial score (nSPS) is 22.6. The molecule has 254 valence electrons. The number of phosphoric acid groups is 3. The van der Waals surface area contributed by atoms with E-state index in [2.05, 4.69) is 29.7 Å². The maximum Gasteiger partial charge on any atom is 0.490 e. The predicted molar refractivity (Wildman–Crippen MR) is 158 cm³/mol. The molecule has 2 aromatic carbocycles. The molecule has 0 saturated carbocycles.